The SMILES string of the molecule is CCCNC(=O)[C@@H](CC)N(Cc1ccccc1C)C(=O)CN(c1ccc(OCC)cc1)S(C)(=O)=O. The highest BCUT2D eigenvalue weighted by Gasteiger charge is 2.31. The minimum atomic E-state index is -3.78. The summed E-state index contributed by atoms with van der Waals surface area (Å²) in [5.41, 5.74) is 2.23. The van der Waals surface area contributed by atoms with E-state index in [1.54, 1.807) is 24.3 Å². The van der Waals surface area contributed by atoms with Crippen molar-refractivity contribution < 1.29 is 22.7 Å². The second kappa shape index (κ2) is 13.1. The summed E-state index contributed by atoms with van der Waals surface area (Å²) in [6.45, 7) is 8.37. The van der Waals surface area contributed by atoms with Gasteiger partial charge in [0.1, 0.15) is 18.3 Å². The van der Waals surface area contributed by atoms with Crippen molar-refractivity contribution in [3.8, 4) is 5.75 Å². The Bertz CT molecular complexity index is 1090. The van der Waals surface area contributed by atoms with E-state index in [1.165, 1.54) is 4.90 Å². The van der Waals surface area contributed by atoms with Crippen LogP contribution in [0.2, 0.25) is 0 Å². The molecule has 0 saturated carbocycles. The Labute approximate surface area is 209 Å². The number of sulfonamides is 1. The Morgan fingerprint density at radius 1 is 1.03 bits per heavy atom. The average molecular weight is 504 g/mol. The van der Waals surface area contributed by atoms with Gasteiger partial charge >= 0.3 is 0 Å². The van der Waals surface area contributed by atoms with Gasteiger partial charge in [-0.05, 0) is 62.1 Å². The largest absolute Gasteiger partial charge is 0.494 e. The van der Waals surface area contributed by atoms with E-state index in [0.717, 1.165) is 28.1 Å². The van der Waals surface area contributed by atoms with Crippen LogP contribution in [-0.4, -0.2) is 57.1 Å². The highest BCUT2D eigenvalue weighted by atomic mass is 32.2. The molecule has 0 aliphatic carbocycles. The van der Waals surface area contributed by atoms with Crippen LogP contribution in [0.1, 0.15) is 44.7 Å². The maximum Gasteiger partial charge on any atom is 0.244 e. The Hall–Kier alpha value is -3.07. The topological polar surface area (TPSA) is 96.0 Å². The summed E-state index contributed by atoms with van der Waals surface area (Å²) in [4.78, 5) is 28.1. The lowest BCUT2D eigenvalue weighted by Crippen LogP contribution is -2.52. The highest BCUT2D eigenvalue weighted by molar-refractivity contribution is 7.92. The first-order valence-electron chi connectivity index (χ1n) is 11.9. The first kappa shape index (κ1) is 28.2. The van der Waals surface area contributed by atoms with Crippen LogP contribution in [-0.2, 0) is 26.2 Å². The van der Waals surface area contributed by atoms with Crippen LogP contribution < -0.4 is 14.4 Å². The van der Waals surface area contributed by atoms with Gasteiger partial charge in [0.25, 0.3) is 0 Å². The lowest BCUT2D eigenvalue weighted by molar-refractivity contribution is -0.140. The number of rotatable bonds is 13. The lowest BCUT2D eigenvalue weighted by Gasteiger charge is -2.33. The molecule has 0 aromatic heterocycles. The number of ether oxygens (including phenoxy) is 1. The van der Waals surface area contributed by atoms with Crippen LogP contribution in [0.25, 0.3) is 0 Å². The zero-order chi connectivity index (χ0) is 26.0. The molecule has 2 rings (SSSR count). The highest BCUT2D eigenvalue weighted by Crippen LogP contribution is 2.23. The van der Waals surface area contributed by atoms with Gasteiger partial charge in [-0.3, -0.25) is 13.9 Å². The Balaban J connectivity index is 2.41. The number of carbonyl (C=O) groups excluding carboxylic acids is 2. The average Bonchev–Trinajstić information content (AvgIpc) is 2.82. The summed E-state index contributed by atoms with van der Waals surface area (Å²) in [6, 6.07) is 13.5. The molecule has 0 saturated heterocycles. The minimum absolute atomic E-state index is 0.199. The lowest BCUT2D eigenvalue weighted by atomic mass is 10.1. The maximum atomic E-state index is 13.7. The normalized spacial score (nSPS) is 12.0. The third-order valence-electron chi connectivity index (χ3n) is 5.65. The van der Waals surface area contributed by atoms with Crippen molar-refractivity contribution in [2.75, 3.05) is 30.3 Å². The Kier molecular flexibility index (Phi) is 10.6. The van der Waals surface area contributed by atoms with Crippen LogP contribution in [0.15, 0.2) is 48.5 Å². The van der Waals surface area contributed by atoms with Gasteiger partial charge in [0.05, 0.1) is 18.6 Å². The van der Waals surface area contributed by atoms with Crippen molar-refractivity contribution in [1.29, 1.82) is 0 Å². The fraction of sp³-hybridized carbons (Fsp3) is 0.462. The van der Waals surface area contributed by atoms with Gasteiger partial charge in [0.2, 0.25) is 21.8 Å². The van der Waals surface area contributed by atoms with Gasteiger partial charge in [-0.25, -0.2) is 8.42 Å². The summed E-state index contributed by atoms with van der Waals surface area (Å²) < 4.78 is 31.8. The molecule has 2 aromatic carbocycles. The summed E-state index contributed by atoms with van der Waals surface area (Å²) >= 11 is 0. The number of anilines is 1. The molecule has 8 nitrogen and oxygen atoms in total. The molecule has 2 aromatic rings. The first-order valence-corrected chi connectivity index (χ1v) is 13.8. The zero-order valence-corrected chi connectivity index (χ0v) is 22.1. The van der Waals surface area contributed by atoms with Gasteiger partial charge in [0.15, 0.2) is 0 Å². The fourth-order valence-electron chi connectivity index (χ4n) is 3.75. The molecule has 0 unspecified atom stereocenters. The molecule has 0 heterocycles. The van der Waals surface area contributed by atoms with Crippen molar-refractivity contribution >= 4 is 27.5 Å². The molecule has 9 heteroatoms. The molecule has 0 aliphatic heterocycles. The van der Waals surface area contributed by atoms with Crippen LogP contribution in [0.3, 0.4) is 0 Å². The quantitative estimate of drug-likeness (QED) is 0.451. The van der Waals surface area contributed by atoms with E-state index in [-0.39, 0.29) is 12.5 Å². The summed E-state index contributed by atoms with van der Waals surface area (Å²) in [5, 5.41) is 2.87. The van der Waals surface area contributed by atoms with Crippen molar-refractivity contribution in [1.82, 2.24) is 10.2 Å². The van der Waals surface area contributed by atoms with Crippen molar-refractivity contribution in [3.63, 3.8) is 0 Å². The van der Waals surface area contributed by atoms with Crippen LogP contribution in [0.5, 0.6) is 5.75 Å². The number of hydrogen-bond acceptors (Lipinski definition) is 5. The van der Waals surface area contributed by atoms with E-state index in [4.69, 9.17) is 4.74 Å². The minimum Gasteiger partial charge on any atom is -0.494 e. The number of amides is 2. The van der Waals surface area contributed by atoms with E-state index in [0.29, 0.717) is 31.0 Å². The van der Waals surface area contributed by atoms with E-state index >= 15 is 0 Å². The molecule has 0 aliphatic rings. The Morgan fingerprint density at radius 3 is 2.23 bits per heavy atom. The number of hydrogen-bond donors (Lipinski definition) is 1. The van der Waals surface area contributed by atoms with Crippen LogP contribution in [0, 0.1) is 6.92 Å². The number of aryl methyl sites for hydroxylation is 1. The van der Waals surface area contributed by atoms with E-state index in [9.17, 15) is 18.0 Å². The summed E-state index contributed by atoms with van der Waals surface area (Å²) in [6.07, 6.45) is 2.23. The summed E-state index contributed by atoms with van der Waals surface area (Å²) in [7, 11) is -3.78. The monoisotopic (exact) mass is 503 g/mol. The molecule has 1 atom stereocenters. The van der Waals surface area contributed by atoms with Crippen molar-refractivity contribution in [3.05, 3.63) is 59.7 Å². The molecule has 0 spiro atoms. The number of nitrogens with one attached hydrogen (secondary N) is 1. The molecule has 35 heavy (non-hydrogen) atoms. The van der Waals surface area contributed by atoms with Crippen LogP contribution >= 0.6 is 0 Å². The maximum absolute atomic E-state index is 13.7. The molecule has 1 N–H and O–H groups in total. The predicted molar refractivity (Wildman–Crippen MR) is 139 cm³/mol. The van der Waals surface area contributed by atoms with E-state index in [2.05, 4.69) is 5.32 Å². The molecule has 0 radical (unpaired) electrons. The molecule has 0 fully saturated rings. The van der Waals surface area contributed by atoms with E-state index in [1.807, 2.05) is 52.0 Å². The van der Waals surface area contributed by atoms with Gasteiger partial charge in [0, 0.05) is 13.1 Å². The van der Waals surface area contributed by atoms with Gasteiger partial charge in [-0.2, -0.15) is 0 Å². The number of carbonyl (C=O) groups is 2. The van der Waals surface area contributed by atoms with Crippen LogP contribution in [0.4, 0.5) is 5.69 Å². The second-order valence-electron chi connectivity index (χ2n) is 8.36. The summed E-state index contributed by atoms with van der Waals surface area (Å²) in [5.74, 6) is -0.0924. The standard InChI is InChI=1S/C26H37N3O5S/c1-6-17-27-26(31)24(7-2)28(18-21-12-10-9-11-20(21)4)25(30)19-29(35(5,32)33)22-13-15-23(16-14-22)34-8-3/h9-16,24H,6-8,17-19H2,1-5H3,(H,27,31)/t24-/m1/s1. The van der Waals surface area contributed by atoms with Crippen molar-refractivity contribution in [2.24, 2.45) is 0 Å². The van der Waals surface area contributed by atoms with Crippen molar-refractivity contribution in [2.45, 2.75) is 53.1 Å². The number of nitrogens with zero attached hydrogens (tertiary/aromatic N) is 2. The molecular weight excluding hydrogens is 466 g/mol. The predicted octanol–water partition coefficient (Wildman–Crippen LogP) is 3.49. The first-order chi connectivity index (χ1) is 16.6. The third kappa shape index (κ3) is 7.99. The number of benzene rings is 2. The molecule has 192 valence electrons. The molecule has 0 bridgehead atoms. The second-order valence-corrected chi connectivity index (χ2v) is 10.3. The smallest absolute Gasteiger partial charge is 0.244 e. The third-order valence-corrected chi connectivity index (χ3v) is 6.79. The van der Waals surface area contributed by atoms with Gasteiger partial charge < -0.3 is 15.0 Å². The van der Waals surface area contributed by atoms with Gasteiger partial charge in [-0.15, -0.1) is 0 Å². The molecule has 2 amide bonds. The molecular formula is C26H37N3O5S. The zero-order valence-electron chi connectivity index (χ0n) is 21.3. The Morgan fingerprint density at radius 2 is 1.69 bits per heavy atom. The van der Waals surface area contributed by atoms with Gasteiger partial charge in [-0.1, -0.05) is 38.1 Å². The fourth-order valence-corrected chi connectivity index (χ4v) is 4.60. The van der Waals surface area contributed by atoms with E-state index < -0.39 is 28.5 Å².